The molecule has 0 spiro atoms. The molecule has 2 aromatic rings. The summed E-state index contributed by atoms with van der Waals surface area (Å²) in [6.07, 6.45) is 0. The van der Waals surface area contributed by atoms with Crippen LogP contribution in [0.15, 0.2) is 71.9 Å². The van der Waals surface area contributed by atoms with Gasteiger partial charge in [-0.2, -0.15) is 0 Å². The van der Waals surface area contributed by atoms with Crippen molar-refractivity contribution in [2.24, 2.45) is 0 Å². The molecule has 0 fully saturated rings. The Morgan fingerprint density at radius 2 is 1.33 bits per heavy atom. The van der Waals surface area contributed by atoms with Crippen LogP contribution in [0.4, 0.5) is 0 Å². The molecule has 1 heterocycles. The fraction of sp³-hybridized carbons (Fsp3) is 0.333. The lowest BCUT2D eigenvalue weighted by molar-refractivity contribution is -0.145. The lowest BCUT2D eigenvalue weighted by Crippen LogP contribution is -2.47. The van der Waals surface area contributed by atoms with Gasteiger partial charge in [-0.1, -0.05) is 60.7 Å². The van der Waals surface area contributed by atoms with Crippen LogP contribution in [0.25, 0.3) is 0 Å². The monoisotopic (exact) mass is 408 g/mol. The third kappa shape index (κ3) is 5.48. The Bertz CT molecular complexity index is 881. The van der Waals surface area contributed by atoms with E-state index in [9.17, 15) is 9.59 Å². The zero-order valence-corrected chi connectivity index (χ0v) is 17.5. The van der Waals surface area contributed by atoms with Gasteiger partial charge in [0.05, 0.1) is 25.5 Å². The van der Waals surface area contributed by atoms with E-state index in [-0.39, 0.29) is 13.2 Å². The van der Waals surface area contributed by atoms with Gasteiger partial charge in [0.25, 0.3) is 0 Å². The second kappa shape index (κ2) is 10.6. The number of carbonyl (C=O) groups is 2. The molecule has 1 aliphatic rings. The van der Waals surface area contributed by atoms with Gasteiger partial charge in [0.15, 0.2) is 0 Å². The topological polar surface area (TPSA) is 59.1 Å². The van der Waals surface area contributed by atoms with Gasteiger partial charge in [-0.05, 0) is 25.0 Å². The molecule has 2 aromatic carbocycles. The summed E-state index contributed by atoms with van der Waals surface area (Å²) in [5.41, 5.74) is 2.82. The lowest BCUT2D eigenvalue weighted by atomic mass is 10.1. The van der Waals surface area contributed by atoms with Crippen molar-refractivity contribution in [3.63, 3.8) is 0 Å². The van der Waals surface area contributed by atoms with E-state index in [1.807, 2.05) is 53.4 Å². The molecule has 6 nitrogen and oxygen atoms in total. The third-order valence-corrected chi connectivity index (χ3v) is 4.81. The van der Waals surface area contributed by atoms with Crippen LogP contribution in [0.3, 0.4) is 0 Å². The minimum Gasteiger partial charge on any atom is -0.463 e. The van der Waals surface area contributed by atoms with E-state index < -0.39 is 11.9 Å². The number of esters is 2. The predicted molar refractivity (Wildman–Crippen MR) is 114 cm³/mol. The molecule has 0 saturated carbocycles. The number of carbonyl (C=O) groups excluding carboxylic acids is 2. The Morgan fingerprint density at radius 3 is 1.90 bits per heavy atom. The molecule has 0 amide bonds. The number of rotatable bonds is 8. The van der Waals surface area contributed by atoms with Crippen molar-refractivity contribution in [2.45, 2.75) is 26.9 Å². The van der Waals surface area contributed by atoms with Crippen molar-refractivity contribution < 1.29 is 19.1 Å². The number of hydrogen-bond donors (Lipinski definition) is 0. The van der Waals surface area contributed by atoms with Gasteiger partial charge in [0.2, 0.25) is 0 Å². The number of benzene rings is 2. The lowest BCUT2D eigenvalue weighted by Gasteiger charge is -2.38. The summed E-state index contributed by atoms with van der Waals surface area (Å²) in [7, 11) is 0. The van der Waals surface area contributed by atoms with Gasteiger partial charge in [0.1, 0.15) is 5.70 Å². The average molecular weight is 408 g/mol. The van der Waals surface area contributed by atoms with E-state index >= 15 is 0 Å². The van der Waals surface area contributed by atoms with Crippen LogP contribution in [0.1, 0.15) is 25.0 Å². The largest absolute Gasteiger partial charge is 0.463 e. The molecule has 0 bridgehead atoms. The third-order valence-electron chi connectivity index (χ3n) is 4.81. The first kappa shape index (κ1) is 21.6. The second-order valence-electron chi connectivity index (χ2n) is 7.07. The van der Waals surface area contributed by atoms with Crippen LogP contribution >= 0.6 is 0 Å². The molecule has 6 heteroatoms. The Hall–Kier alpha value is -3.12. The molecule has 0 radical (unpaired) electrons. The SMILES string of the molecule is CCOC(=O)C1=C(C(=O)OCC)N(Cc2ccccc2)CN(Cc2ccccc2)C1. The standard InChI is InChI=1S/C24H28N2O4/c1-3-29-23(27)21-17-25(15-19-11-7-5-8-12-19)18-26(22(21)24(28)30-4-2)16-20-13-9-6-10-14-20/h5-14H,3-4,15-18H2,1-2H3. The first-order chi connectivity index (χ1) is 14.6. The Kier molecular flexibility index (Phi) is 7.63. The maximum atomic E-state index is 12.8. The van der Waals surface area contributed by atoms with Crippen LogP contribution in [-0.2, 0) is 32.2 Å². The van der Waals surface area contributed by atoms with E-state index in [2.05, 4.69) is 17.0 Å². The maximum absolute atomic E-state index is 12.8. The molecule has 3 rings (SSSR count). The molecule has 0 aliphatic carbocycles. The summed E-state index contributed by atoms with van der Waals surface area (Å²) in [6.45, 7) is 5.98. The second-order valence-corrected chi connectivity index (χ2v) is 7.07. The van der Waals surface area contributed by atoms with E-state index in [4.69, 9.17) is 9.47 Å². The molecule has 0 atom stereocenters. The molecule has 158 valence electrons. The van der Waals surface area contributed by atoms with Gasteiger partial charge >= 0.3 is 11.9 Å². The van der Waals surface area contributed by atoms with Gasteiger partial charge < -0.3 is 14.4 Å². The summed E-state index contributed by atoms with van der Waals surface area (Å²) in [4.78, 5) is 29.6. The molecule has 0 aromatic heterocycles. The van der Waals surface area contributed by atoms with Gasteiger partial charge in [0, 0.05) is 19.6 Å². The minimum atomic E-state index is -0.490. The predicted octanol–water partition coefficient (Wildman–Crippen LogP) is 3.34. The highest BCUT2D eigenvalue weighted by atomic mass is 16.5. The molecule has 0 saturated heterocycles. The van der Waals surface area contributed by atoms with Crippen molar-refractivity contribution >= 4 is 11.9 Å². The normalized spacial score (nSPS) is 14.5. The number of hydrogen-bond acceptors (Lipinski definition) is 6. The van der Waals surface area contributed by atoms with Gasteiger partial charge in [-0.3, -0.25) is 4.90 Å². The van der Waals surface area contributed by atoms with Crippen LogP contribution in [0.2, 0.25) is 0 Å². The van der Waals surface area contributed by atoms with E-state index in [0.29, 0.717) is 37.6 Å². The Balaban J connectivity index is 1.97. The average Bonchev–Trinajstić information content (AvgIpc) is 2.75. The van der Waals surface area contributed by atoms with Crippen LogP contribution in [0.5, 0.6) is 0 Å². The highest BCUT2D eigenvalue weighted by Gasteiger charge is 2.34. The summed E-state index contributed by atoms with van der Waals surface area (Å²) in [5, 5.41) is 0. The van der Waals surface area contributed by atoms with Gasteiger partial charge in [-0.25, -0.2) is 9.59 Å². The number of nitrogens with zero attached hydrogens (tertiary/aromatic N) is 2. The van der Waals surface area contributed by atoms with E-state index in [1.54, 1.807) is 13.8 Å². The van der Waals surface area contributed by atoms with Crippen molar-refractivity contribution in [1.82, 2.24) is 9.80 Å². The fourth-order valence-corrected chi connectivity index (χ4v) is 3.56. The summed E-state index contributed by atoms with van der Waals surface area (Å²) in [6, 6.07) is 19.9. The van der Waals surface area contributed by atoms with Crippen LogP contribution in [-0.4, -0.2) is 48.2 Å². The smallest absolute Gasteiger partial charge is 0.355 e. The molecule has 0 unspecified atom stereocenters. The van der Waals surface area contributed by atoms with E-state index in [1.165, 1.54) is 0 Å². The summed E-state index contributed by atoms with van der Waals surface area (Å²) >= 11 is 0. The number of ether oxygens (including phenoxy) is 2. The highest BCUT2D eigenvalue weighted by molar-refractivity contribution is 6.00. The van der Waals surface area contributed by atoms with Crippen LogP contribution in [0, 0.1) is 0 Å². The van der Waals surface area contributed by atoms with E-state index in [0.717, 1.165) is 11.1 Å². The van der Waals surface area contributed by atoms with Crippen molar-refractivity contribution in [3.05, 3.63) is 83.1 Å². The van der Waals surface area contributed by atoms with Crippen molar-refractivity contribution in [3.8, 4) is 0 Å². The highest BCUT2D eigenvalue weighted by Crippen LogP contribution is 2.25. The van der Waals surface area contributed by atoms with Crippen molar-refractivity contribution in [1.29, 1.82) is 0 Å². The summed E-state index contributed by atoms with van der Waals surface area (Å²) in [5.74, 6) is -0.966. The Morgan fingerprint density at radius 1 is 0.800 bits per heavy atom. The maximum Gasteiger partial charge on any atom is 0.355 e. The van der Waals surface area contributed by atoms with Crippen molar-refractivity contribution in [2.75, 3.05) is 26.4 Å². The molecular formula is C24H28N2O4. The molecular weight excluding hydrogens is 380 g/mol. The van der Waals surface area contributed by atoms with Gasteiger partial charge in [-0.15, -0.1) is 0 Å². The fourth-order valence-electron chi connectivity index (χ4n) is 3.56. The molecule has 0 N–H and O–H groups in total. The zero-order chi connectivity index (χ0) is 21.3. The first-order valence-corrected chi connectivity index (χ1v) is 10.2. The first-order valence-electron chi connectivity index (χ1n) is 10.2. The zero-order valence-electron chi connectivity index (χ0n) is 17.5. The molecule has 30 heavy (non-hydrogen) atoms. The Labute approximate surface area is 177 Å². The quantitative estimate of drug-likeness (QED) is 0.625. The molecule has 1 aliphatic heterocycles. The summed E-state index contributed by atoms with van der Waals surface area (Å²) < 4.78 is 10.6. The minimum absolute atomic E-state index is 0.241. The van der Waals surface area contributed by atoms with Crippen LogP contribution < -0.4 is 0 Å².